The van der Waals surface area contributed by atoms with Gasteiger partial charge in [-0.3, -0.25) is 0 Å². The fourth-order valence-corrected chi connectivity index (χ4v) is 3.53. The van der Waals surface area contributed by atoms with Crippen molar-refractivity contribution in [2.45, 2.75) is 11.8 Å². The molecule has 0 aliphatic carbocycles. The lowest BCUT2D eigenvalue weighted by atomic mass is 9.80. The van der Waals surface area contributed by atoms with E-state index in [1.54, 1.807) is 0 Å². The Morgan fingerprint density at radius 2 is 1.70 bits per heavy atom. The Hall–Kier alpha value is -2.16. The zero-order chi connectivity index (χ0) is 15.7. The van der Waals surface area contributed by atoms with Gasteiger partial charge in [0.05, 0.1) is 13.2 Å². The van der Waals surface area contributed by atoms with E-state index in [0.717, 1.165) is 13.0 Å². The molecule has 4 rings (SSSR count). The van der Waals surface area contributed by atoms with Crippen LogP contribution in [-0.2, 0) is 10.2 Å². The minimum absolute atomic E-state index is 0.139. The van der Waals surface area contributed by atoms with E-state index in [9.17, 15) is 5.11 Å². The molecule has 0 bridgehead atoms. The second-order valence-corrected chi connectivity index (χ2v) is 6.35. The summed E-state index contributed by atoms with van der Waals surface area (Å²) < 4.78 is 5.52. The zero-order valence-electron chi connectivity index (χ0n) is 13.0. The molecule has 0 aromatic heterocycles. The summed E-state index contributed by atoms with van der Waals surface area (Å²) in [5, 5.41) is 12.3. The Kier molecular flexibility index (Phi) is 3.64. The molecule has 1 fully saturated rings. The van der Waals surface area contributed by atoms with Crippen molar-refractivity contribution < 1.29 is 9.84 Å². The van der Waals surface area contributed by atoms with Gasteiger partial charge in [0.2, 0.25) is 0 Å². The molecule has 3 aromatic rings. The summed E-state index contributed by atoms with van der Waals surface area (Å²) in [7, 11) is 0. The Bertz CT molecular complexity index is 809. The first-order valence-electron chi connectivity index (χ1n) is 8.10. The van der Waals surface area contributed by atoms with E-state index in [-0.39, 0.29) is 12.0 Å². The van der Waals surface area contributed by atoms with Crippen LogP contribution in [0.5, 0.6) is 0 Å². The molecule has 1 aliphatic rings. The van der Waals surface area contributed by atoms with Crippen molar-refractivity contribution in [1.82, 2.24) is 0 Å². The molecule has 2 nitrogen and oxygen atoms in total. The third-order valence-corrected chi connectivity index (χ3v) is 5.00. The summed E-state index contributed by atoms with van der Waals surface area (Å²) in [6.45, 7) is 1.48. The number of aliphatic hydroxyl groups excluding tert-OH is 1. The van der Waals surface area contributed by atoms with Gasteiger partial charge in [-0.15, -0.1) is 0 Å². The molecule has 23 heavy (non-hydrogen) atoms. The van der Waals surface area contributed by atoms with Crippen molar-refractivity contribution in [3.63, 3.8) is 0 Å². The van der Waals surface area contributed by atoms with Crippen molar-refractivity contribution in [2.75, 3.05) is 19.8 Å². The second-order valence-electron chi connectivity index (χ2n) is 6.35. The Balaban J connectivity index is 1.76. The quantitative estimate of drug-likeness (QED) is 0.787. The maximum atomic E-state index is 9.82. The molecule has 0 radical (unpaired) electrons. The van der Waals surface area contributed by atoms with E-state index in [4.69, 9.17) is 4.74 Å². The Morgan fingerprint density at radius 1 is 0.913 bits per heavy atom. The molecule has 1 unspecified atom stereocenters. The van der Waals surface area contributed by atoms with Crippen molar-refractivity contribution in [3.05, 3.63) is 72.3 Å². The monoisotopic (exact) mass is 304 g/mol. The Labute approximate surface area is 136 Å². The highest BCUT2D eigenvalue weighted by Crippen LogP contribution is 2.35. The van der Waals surface area contributed by atoms with Gasteiger partial charge in [0.15, 0.2) is 0 Å². The van der Waals surface area contributed by atoms with E-state index in [1.165, 1.54) is 27.5 Å². The molecule has 3 aromatic carbocycles. The normalized spacial score (nSPS) is 20.9. The predicted octanol–water partition coefficient (Wildman–Crippen LogP) is 4.16. The molecule has 1 heterocycles. The molecule has 0 saturated carbocycles. The molecule has 0 amide bonds. The third kappa shape index (κ3) is 2.44. The summed E-state index contributed by atoms with van der Waals surface area (Å²) in [6.07, 6.45) is 0.886. The van der Waals surface area contributed by atoms with Gasteiger partial charge in [-0.2, -0.15) is 0 Å². The maximum absolute atomic E-state index is 9.82. The van der Waals surface area contributed by atoms with Gasteiger partial charge in [-0.05, 0) is 33.9 Å². The predicted molar refractivity (Wildman–Crippen MR) is 93.6 cm³/mol. The smallest absolute Gasteiger partial charge is 0.0585 e. The number of hydrogen-bond donors (Lipinski definition) is 1. The molecular formula is C21H20O2. The first-order valence-corrected chi connectivity index (χ1v) is 8.10. The minimum atomic E-state index is -0.225. The summed E-state index contributed by atoms with van der Waals surface area (Å²) >= 11 is 0. The van der Waals surface area contributed by atoms with Crippen LogP contribution < -0.4 is 0 Å². The SMILES string of the molecule is OCC1(c2ccc(-c3cccc4ccccc34)cc2)CCOC1. The molecule has 2 heteroatoms. The lowest BCUT2D eigenvalue weighted by Crippen LogP contribution is -2.30. The van der Waals surface area contributed by atoms with Gasteiger partial charge < -0.3 is 9.84 Å². The highest BCUT2D eigenvalue weighted by Gasteiger charge is 2.36. The lowest BCUT2D eigenvalue weighted by molar-refractivity contribution is 0.140. The molecule has 1 aliphatic heterocycles. The first kappa shape index (κ1) is 14.4. The van der Waals surface area contributed by atoms with Crippen LogP contribution in [0.3, 0.4) is 0 Å². The highest BCUT2D eigenvalue weighted by molar-refractivity contribution is 5.96. The van der Waals surface area contributed by atoms with Crippen molar-refractivity contribution in [2.24, 2.45) is 0 Å². The van der Waals surface area contributed by atoms with Crippen LogP contribution >= 0.6 is 0 Å². The van der Waals surface area contributed by atoms with Gasteiger partial charge in [0, 0.05) is 12.0 Å². The number of aliphatic hydroxyl groups is 1. The lowest BCUT2D eigenvalue weighted by Gasteiger charge is -2.25. The molecule has 0 spiro atoms. The van der Waals surface area contributed by atoms with Crippen LogP contribution in [0.4, 0.5) is 0 Å². The molecular weight excluding hydrogens is 284 g/mol. The average molecular weight is 304 g/mol. The van der Waals surface area contributed by atoms with E-state index in [0.29, 0.717) is 6.61 Å². The van der Waals surface area contributed by atoms with E-state index >= 15 is 0 Å². The standard InChI is InChI=1S/C21H20O2/c22-14-21(12-13-23-15-21)18-10-8-17(9-11-18)20-7-3-5-16-4-1-2-6-19(16)20/h1-11,22H,12-15H2. The summed E-state index contributed by atoms with van der Waals surface area (Å²) in [4.78, 5) is 0. The van der Waals surface area contributed by atoms with E-state index in [2.05, 4.69) is 66.7 Å². The van der Waals surface area contributed by atoms with Gasteiger partial charge in [-0.1, -0.05) is 66.7 Å². The largest absolute Gasteiger partial charge is 0.395 e. The number of benzene rings is 3. The molecule has 1 saturated heterocycles. The number of fused-ring (bicyclic) bond motifs is 1. The average Bonchev–Trinajstić information content (AvgIpc) is 3.12. The van der Waals surface area contributed by atoms with Crippen LogP contribution in [0.1, 0.15) is 12.0 Å². The zero-order valence-corrected chi connectivity index (χ0v) is 13.0. The molecule has 1 atom stereocenters. The summed E-state index contributed by atoms with van der Waals surface area (Å²) in [5.74, 6) is 0. The van der Waals surface area contributed by atoms with Gasteiger partial charge >= 0.3 is 0 Å². The summed E-state index contributed by atoms with van der Waals surface area (Å²) in [5.41, 5.74) is 3.39. The molecule has 116 valence electrons. The van der Waals surface area contributed by atoms with Crippen LogP contribution in [-0.4, -0.2) is 24.9 Å². The highest BCUT2D eigenvalue weighted by atomic mass is 16.5. The number of hydrogen-bond acceptors (Lipinski definition) is 2. The fourth-order valence-electron chi connectivity index (χ4n) is 3.53. The minimum Gasteiger partial charge on any atom is -0.395 e. The van der Waals surface area contributed by atoms with Crippen molar-refractivity contribution in [1.29, 1.82) is 0 Å². The van der Waals surface area contributed by atoms with Gasteiger partial charge in [-0.25, -0.2) is 0 Å². The summed E-state index contributed by atoms with van der Waals surface area (Å²) in [6, 6.07) is 23.5. The van der Waals surface area contributed by atoms with Crippen molar-refractivity contribution >= 4 is 10.8 Å². The number of ether oxygens (including phenoxy) is 1. The maximum Gasteiger partial charge on any atom is 0.0585 e. The topological polar surface area (TPSA) is 29.5 Å². The molecule has 1 N–H and O–H groups in total. The van der Waals surface area contributed by atoms with Gasteiger partial charge in [0.25, 0.3) is 0 Å². The van der Waals surface area contributed by atoms with Gasteiger partial charge in [0.1, 0.15) is 0 Å². The third-order valence-electron chi connectivity index (χ3n) is 5.00. The van der Waals surface area contributed by atoms with E-state index < -0.39 is 0 Å². The Morgan fingerprint density at radius 3 is 2.43 bits per heavy atom. The fraction of sp³-hybridized carbons (Fsp3) is 0.238. The van der Waals surface area contributed by atoms with E-state index in [1.807, 2.05) is 0 Å². The van der Waals surface area contributed by atoms with Crippen molar-refractivity contribution in [3.8, 4) is 11.1 Å². The number of rotatable bonds is 3. The van der Waals surface area contributed by atoms with Crippen LogP contribution in [0.15, 0.2) is 66.7 Å². The second kappa shape index (κ2) is 5.80. The first-order chi connectivity index (χ1) is 11.3. The van der Waals surface area contributed by atoms with Crippen LogP contribution in [0.25, 0.3) is 21.9 Å². The van der Waals surface area contributed by atoms with Crippen LogP contribution in [0, 0.1) is 0 Å². The van der Waals surface area contributed by atoms with Crippen LogP contribution in [0.2, 0.25) is 0 Å².